The summed E-state index contributed by atoms with van der Waals surface area (Å²) in [7, 11) is 0. The van der Waals surface area contributed by atoms with Crippen LogP contribution in [0.1, 0.15) is 23.1 Å². The van der Waals surface area contributed by atoms with Gasteiger partial charge in [0, 0.05) is 6.61 Å². The minimum Gasteiger partial charge on any atom is -0.489 e. The van der Waals surface area contributed by atoms with Crippen LogP contribution in [0.3, 0.4) is 0 Å². The van der Waals surface area contributed by atoms with Crippen LogP contribution in [0.4, 0.5) is 0 Å². The van der Waals surface area contributed by atoms with Gasteiger partial charge in [-0.3, -0.25) is 0 Å². The molecule has 0 aliphatic carbocycles. The third-order valence-electron chi connectivity index (χ3n) is 3.33. The summed E-state index contributed by atoms with van der Waals surface area (Å²) < 4.78 is 7.04. The third kappa shape index (κ3) is 5.67. The fourth-order valence-corrected chi connectivity index (χ4v) is 2.54. The number of rotatable bonds is 8. The SMILES string of the molecule is OCCc1ccc(COc2cccc(CCCI)c2)cc1. The van der Waals surface area contributed by atoms with Gasteiger partial charge in [-0.05, 0) is 52.5 Å². The van der Waals surface area contributed by atoms with Crippen molar-refractivity contribution in [1.29, 1.82) is 0 Å². The van der Waals surface area contributed by atoms with Gasteiger partial charge >= 0.3 is 0 Å². The molecule has 0 amide bonds. The maximum atomic E-state index is 8.90. The van der Waals surface area contributed by atoms with E-state index in [4.69, 9.17) is 9.84 Å². The zero-order valence-electron chi connectivity index (χ0n) is 12.1. The van der Waals surface area contributed by atoms with Crippen molar-refractivity contribution < 1.29 is 9.84 Å². The molecule has 21 heavy (non-hydrogen) atoms. The van der Waals surface area contributed by atoms with E-state index in [0.717, 1.165) is 23.3 Å². The number of aryl methyl sites for hydroxylation is 1. The second kappa shape index (κ2) is 9.05. The van der Waals surface area contributed by atoms with Crippen LogP contribution in [0.25, 0.3) is 0 Å². The number of alkyl halides is 1. The molecule has 0 aromatic heterocycles. The van der Waals surface area contributed by atoms with E-state index >= 15 is 0 Å². The Morgan fingerprint density at radius 1 is 0.905 bits per heavy atom. The molecule has 0 heterocycles. The lowest BCUT2D eigenvalue weighted by Crippen LogP contribution is -1.97. The van der Waals surface area contributed by atoms with Gasteiger partial charge in [-0.2, -0.15) is 0 Å². The molecule has 0 unspecified atom stereocenters. The first-order valence-electron chi connectivity index (χ1n) is 7.28. The van der Waals surface area contributed by atoms with Gasteiger partial charge in [-0.1, -0.05) is 59.0 Å². The Kier molecular flexibility index (Phi) is 7.03. The molecule has 2 aromatic rings. The summed E-state index contributed by atoms with van der Waals surface area (Å²) in [5, 5.41) is 8.90. The Hall–Kier alpha value is -1.07. The summed E-state index contributed by atoms with van der Waals surface area (Å²) in [5.41, 5.74) is 3.64. The molecule has 0 fully saturated rings. The molecule has 2 rings (SSSR count). The average Bonchev–Trinajstić information content (AvgIpc) is 2.53. The summed E-state index contributed by atoms with van der Waals surface area (Å²) >= 11 is 2.41. The van der Waals surface area contributed by atoms with Crippen LogP contribution in [0.15, 0.2) is 48.5 Å². The topological polar surface area (TPSA) is 29.5 Å². The van der Waals surface area contributed by atoms with E-state index < -0.39 is 0 Å². The molecule has 0 aliphatic rings. The van der Waals surface area contributed by atoms with Crippen molar-refractivity contribution in [3.8, 4) is 5.75 Å². The molecule has 2 aromatic carbocycles. The summed E-state index contributed by atoms with van der Waals surface area (Å²) in [6, 6.07) is 16.6. The lowest BCUT2D eigenvalue weighted by atomic mass is 10.1. The number of aliphatic hydroxyl groups is 1. The number of hydrogen-bond donors (Lipinski definition) is 1. The van der Waals surface area contributed by atoms with Crippen LogP contribution >= 0.6 is 22.6 Å². The van der Waals surface area contributed by atoms with E-state index in [-0.39, 0.29) is 6.61 Å². The van der Waals surface area contributed by atoms with Crippen LogP contribution in [0.5, 0.6) is 5.75 Å². The van der Waals surface area contributed by atoms with Gasteiger partial charge in [-0.25, -0.2) is 0 Å². The van der Waals surface area contributed by atoms with Gasteiger partial charge in [0.2, 0.25) is 0 Å². The Bertz CT molecular complexity index is 537. The van der Waals surface area contributed by atoms with Crippen molar-refractivity contribution in [1.82, 2.24) is 0 Å². The van der Waals surface area contributed by atoms with Crippen molar-refractivity contribution >= 4 is 22.6 Å². The Balaban J connectivity index is 1.90. The highest BCUT2D eigenvalue weighted by Crippen LogP contribution is 2.17. The van der Waals surface area contributed by atoms with E-state index in [1.54, 1.807) is 0 Å². The van der Waals surface area contributed by atoms with Crippen molar-refractivity contribution in [2.24, 2.45) is 0 Å². The van der Waals surface area contributed by atoms with E-state index in [1.165, 1.54) is 16.4 Å². The van der Waals surface area contributed by atoms with Gasteiger partial charge < -0.3 is 9.84 Å². The minimum atomic E-state index is 0.194. The monoisotopic (exact) mass is 396 g/mol. The van der Waals surface area contributed by atoms with Crippen LogP contribution in [0, 0.1) is 0 Å². The van der Waals surface area contributed by atoms with E-state index in [0.29, 0.717) is 13.0 Å². The third-order valence-corrected chi connectivity index (χ3v) is 4.09. The Labute approximate surface area is 140 Å². The molecular formula is C18H21IO2. The predicted octanol–water partition coefficient (Wildman–Crippen LogP) is 4.17. The van der Waals surface area contributed by atoms with Crippen molar-refractivity contribution in [3.63, 3.8) is 0 Å². The van der Waals surface area contributed by atoms with E-state index in [1.807, 2.05) is 18.2 Å². The Morgan fingerprint density at radius 3 is 2.38 bits per heavy atom. The molecule has 0 radical (unpaired) electrons. The summed E-state index contributed by atoms with van der Waals surface area (Å²) in [4.78, 5) is 0. The largest absolute Gasteiger partial charge is 0.489 e. The van der Waals surface area contributed by atoms with Crippen LogP contribution in [-0.4, -0.2) is 16.1 Å². The number of halogens is 1. The fraction of sp³-hybridized carbons (Fsp3) is 0.333. The molecular weight excluding hydrogens is 375 g/mol. The summed E-state index contributed by atoms with van der Waals surface area (Å²) in [5.74, 6) is 0.931. The number of hydrogen-bond acceptors (Lipinski definition) is 2. The molecule has 0 saturated carbocycles. The van der Waals surface area contributed by atoms with Crippen LogP contribution in [-0.2, 0) is 19.4 Å². The minimum absolute atomic E-state index is 0.194. The normalized spacial score (nSPS) is 10.6. The zero-order chi connectivity index (χ0) is 14.9. The first-order valence-corrected chi connectivity index (χ1v) is 8.81. The number of benzene rings is 2. The molecule has 1 N–H and O–H groups in total. The first-order chi connectivity index (χ1) is 10.3. The number of ether oxygens (including phenoxy) is 1. The highest BCUT2D eigenvalue weighted by molar-refractivity contribution is 14.1. The molecule has 3 heteroatoms. The quantitative estimate of drug-likeness (QED) is 0.536. The molecule has 0 aliphatic heterocycles. The molecule has 0 saturated heterocycles. The van der Waals surface area contributed by atoms with Gasteiger partial charge in [0.15, 0.2) is 0 Å². The molecule has 2 nitrogen and oxygen atoms in total. The highest BCUT2D eigenvalue weighted by atomic mass is 127. The van der Waals surface area contributed by atoms with Crippen LogP contribution in [0.2, 0.25) is 0 Å². The van der Waals surface area contributed by atoms with Gasteiger partial charge in [-0.15, -0.1) is 0 Å². The smallest absolute Gasteiger partial charge is 0.120 e. The van der Waals surface area contributed by atoms with E-state index in [9.17, 15) is 0 Å². The first kappa shape index (κ1) is 16.3. The fourth-order valence-electron chi connectivity index (χ4n) is 2.16. The Morgan fingerprint density at radius 2 is 1.67 bits per heavy atom. The van der Waals surface area contributed by atoms with Gasteiger partial charge in [0.05, 0.1) is 0 Å². The van der Waals surface area contributed by atoms with Gasteiger partial charge in [0.25, 0.3) is 0 Å². The second-order valence-electron chi connectivity index (χ2n) is 5.02. The van der Waals surface area contributed by atoms with Gasteiger partial charge in [0.1, 0.15) is 12.4 Å². The van der Waals surface area contributed by atoms with Crippen LogP contribution < -0.4 is 4.74 Å². The zero-order valence-corrected chi connectivity index (χ0v) is 14.3. The molecule has 112 valence electrons. The van der Waals surface area contributed by atoms with Crippen molar-refractivity contribution in [2.75, 3.05) is 11.0 Å². The van der Waals surface area contributed by atoms with Crippen molar-refractivity contribution in [2.45, 2.75) is 25.9 Å². The summed E-state index contributed by atoms with van der Waals surface area (Å²) in [6.07, 6.45) is 3.02. The number of aliphatic hydroxyl groups excluding tert-OH is 1. The second-order valence-corrected chi connectivity index (χ2v) is 6.10. The standard InChI is InChI=1S/C18H21IO2/c19-11-2-4-16-3-1-5-18(13-16)21-14-17-8-6-15(7-9-17)10-12-20/h1,3,5-9,13,20H,2,4,10-12,14H2. The van der Waals surface area contributed by atoms with E-state index in [2.05, 4.69) is 52.9 Å². The average molecular weight is 396 g/mol. The maximum absolute atomic E-state index is 8.90. The summed E-state index contributed by atoms with van der Waals surface area (Å²) in [6.45, 7) is 0.773. The maximum Gasteiger partial charge on any atom is 0.120 e. The highest BCUT2D eigenvalue weighted by Gasteiger charge is 1.99. The lowest BCUT2D eigenvalue weighted by Gasteiger charge is -2.08. The lowest BCUT2D eigenvalue weighted by molar-refractivity contribution is 0.299. The molecule has 0 bridgehead atoms. The van der Waals surface area contributed by atoms with Crippen molar-refractivity contribution in [3.05, 3.63) is 65.2 Å². The molecule has 0 atom stereocenters. The molecule has 0 spiro atoms. The predicted molar refractivity (Wildman–Crippen MR) is 95.2 cm³/mol.